The first-order chi connectivity index (χ1) is 2.94. The predicted molar refractivity (Wildman–Crippen MR) is 25.2 cm³/mol. The summed E-state index contributed by atoms with van der Waals surface area (Å²) in [7, 11) is -3.96. The fourth-order valence-corrected chi connectivity index (χ4v) is 0. The van der Waals surface area contributed by atoms with Gasteiger partial charge in [0.15, 0.2) is 0 Å². The maximum absolute atomic E-state index is 9.76. The third-order valence-electron chi connectivity index (χ3n) is 0.470. The second kappa shape index (κ2) is 3.81. The van der Waals surface area contributed by atoms with Gasteiger partial charge in [-0.1, -0.05) is 0 Å². The summed E-state index contributed by atoms with van der Waals surface area (Å²) in [6, 6.07) is 0. The van der Waals surface area contributed by atoms with Crippen LogP contribution in [-0.4, -0.2) is 18.3 Å². The van der Waals surface area contributed by atoms with E-state index in [1.165, 1.54) is 6.92 Å². The third-order valence-corrected chi connectivity index (χ3v) is 1.41. The van der Waals surface area contributed by atoms with E-state index in [9.17, 15) is 8.42 Å². The Bertz CT molecular complexity index is 139. The van der Waals surface area contributed by atoms with Crippen molar-refractivity contribution in [1.82, 2.24) is 0 Å². The summed E-state index contributed by atoms with van der Waals surface area (Å²) >= 11 is 0. The summed E-state index contributed by atoms with van der Waals surface area (Å²) in [6.07, 6.45) is 0. The van der Waals surface area contributed by atoms with Crippen molar-refractivity contribution in [2.75, 3.05) is 0 Å². The molecule has 1 unspecified atom stereocenters. The van der Waals surface area contributed by atoms with Crippen LogP contribution >= 0.6 is 0 Å². The van der Waals surface area contributed by atoms with Crippen LogP contribution in [0.25, 0.3) is 0 Å². The van der Waals surface area contributed by atoms with Crippen LogP contribution in [0.2, 0.25) is 0 Å². The summed E-state index contributed by atoms with van der Waals surface area (Å²) in [6.45, 7) is 1.19. The Morgan fingerprint density at radius 3 is 1.75 bits per heavy atom. The van der Waals surface area contributed by atoms with Gasteiger partial charge in [-0.15, -0.1) is 0 Å². The van der Waals surface area contributed by atoms with Crippen molar-refractivity contribution >= 4 is 10.1 Å². The van der Waals surface area contributed by atoms with E-state index in [0.717, 1.165) is 0 Å². The van der Waals surface area contributed by atoms with Crippen LogP contribution in [0, 0.1) is 0 Å². The van der Waals surface area contributed by atoms with E-state index in [1.54, 1.807) is 0 Å². The number of nitrogens with two attached hydrogens (primary N) is 1. The molecule has 0 aromatic carbocycles. The Kier molecular flexibility index (Phi) is 5.55. The van der Waals surface area contributed by atoms with Gasteiger partial charge in [-0.05, 0) is 6.92 Å². The molecule has 0 heterocycles. The van der Waals surface area contributed by atoms with Crippen LogP contribution in [0.5, 0.6) is 0 Å². The van der Waals surface area contributed by atoms with E-state index < -0.39 is 15.5 Å². The average Bonchev–Trinajstić information content (AvgIpc) is 1.31. The molecule has 0 fully saturated rings. The number of hydrogen-bond donors (Lipinski definition) is 2. The molecule has 0 amide bonds. The van der Waals surface area contributed by atoms with E-state index in [-0.39, 0.29) is 29.6 Å². The average molecular weight is 148 g/mol. The van der Waals surface area contributed by atoms with Crippen molar-refractivity contribution in [3.8, 4) is 0 Å². The van der Waals surface area contributed by atoms with E-state index in [0.29, 0.717) is 0 Å². The van der Waals surface area contributed by atoms with Gasteiger partial charge in [0.1, 0.15) is 5.37 Å². The van der Waals surface area contributed by atoms with Crippen molar-refractivity contribution in [2.24, 2.45) is 5.73 Å². The van der Waals surface area contributed by atoms with Gasteiger partial charge < -0.3 is 5.73 Å². The Balaban J connectivity index is 0. The first-order valence-corrected chi connectivity index (χ1v) is 3.17. The molecule has 0 saturated carbocycles. The zero-order valence-corrected chi connectivity index (χ0v) is 7.64. The van der Waals surface area contributed by atoms with Crippen LogP contribution in [0.15, 0.2) is 0 Å². The second-order valence-electron chi connectivity index (χ2n) is 1.22. The van der Waals surface area contributed by atoms with Crippen molar-refractivity contribution in [2.45, 2.75) is 12.3 Å². The van der Waals surface area contributed by atoms with Gasteiger partial charge >= 0.3 is 29.6 Å². The van der Waals surface area contributed by atoms with Crippen LogP contribution in [0.4, 0.5) is 0 Å². The molecule has 4 nitrogen and oxygen atoms in total. The van der Waals surface area contributed by atoms with E-state index >= 15 is 0 Å². The monoisotopic (exact) mass is 148 g/mol. The first-order valence-electron chi connectivity index (χ1n) is 1.66. The Morgan fingerprint density at radius 2 is 1.75 bits per heavy atom. The standard InChI is InChI=1S/C2H7NO3S.Na/c1-2(3)7(4,5)6;/h2H,3H2,1H3,(H,4,5,6);/q;+1. The van der Waals surface area contributed by atoms with E-state index in [4.69, 9.17) is 10.3 Å². The fraction of sp³-hybridized carbons (Fsp3) is 1.00. The van der Waals surface area contributed by atoms with Gasteiger partial charge in [-0.3, -0.25) is 4.55 Å². The topological polar surface area (TPSA) is 80.4 Å². The van der Waals surface area contributed by atoms with Crippen molar-refractivity contribution in [1.29, 1.82) is 0 Å². The zero-order chi connectivity index (χ0) is 6.08. The first kappa shape index (κ1) is 11.6. The fourth-order valence-electron chi connectivity index (χ4n) is 0. The van der Waals surface area contributed by atoms with Crippen LogP contribution in [0.3, 0.4) is 0 Å². The molecule has 0 aromatic rings. The minimum atomic E-state index is -3.96. The molecule has 8 heavy (non-hydrogen) atoms. The van der Waals surface area contributed by atoms with Crippen LogP contribution < -0.4 is 35.3 Å². The van der Waals surface area contributed by atoms with Gasteiger partial charge in [0.05, 0.1) is 0 Å². The van der Waals surface area contributed by atoms with Crippen molar-refractivity contribution < 1.29 is 42.5 Å². The molecule has 0 aliphatic rings. The number of hydrogen-bond acceptors (Lipinski definition) is 3. The molecule has 0 spiro atoms. The van der Waals surface area contributed by atoms with E-state index in [2.05, 4.69) is 0 Å². The normalized spacial score (nSPS) is 14.4. The predicted octanol–water partition coefficient (Wildman–Crippen LogP) is -3.82. The van der Waals surface area contributed by atoms with Gasteiger partial charge in [0.2, 0.25) is 0 Å². The summed E-state index contributed by atoms with van der Waals surface area (Å²) < 4.78 is 27.5. The van der Waals surface area contributed by atoms with Gasteiger partial charge in [0, 0.05) is 0 Å². The molecule has 6 heteroatoms. The SMILES string of the molecule is CC(N)S(=O)(=O)O.[Na+]. The molecule has 0 aromatic heterocycles. The maximum Gasteiger partial charge on any atom is 1.00 e. The molecule has 1 atom stereocenters. The Morgan fingerprint density at radius 1 is 1.62 bits per heavy atom. The molecule has 3 N–H and O–H groups in total. The van der Waals surface area contributed by atoms with Gasteiger partial charge in [0.25, 0.3) is 10.1 Å². The molecule has 0 saturated heterocycles. The van der Waals surface area contributed by atoms with Gasteiger partial charge in [-0.2, -0.15) is 8.42 Å². The number of rotatable bonds is 1. The molecular weight excluding hydrogens is 141 g/mol. The third kappa shape index (κ3) is 5.02. The second-order valence-corrected chi connectivity index (χ2v) is 2.99. The van der Waals surface area contributed by atoms with Crippen LogP contribution in [0.1, 0.15) is 6.92 Å². The van der Waals surface area contributed by atoms with Crippen molar-refractivity contribution in [3.05, 3.63) is 0 Å². The molecule has 0 aliphatic heterocycles. The minimum Gasteiger partial charge on any atom is -0.313 e. The smallest absolute Gasteiger partial charge is 0.313 e. The largest absolute Gasteiger partial charge is 1.00 e. The quantitative estimate of drug-likeness (QED) is 0.295. The van der Waals surface area contributed by atoms with Gasteiger partial charge in [-0.25, -0.2) is 0 Å². The van der Waals surface area contributed by atoms with Crippen LogP contribution in [-0.2, 0) is 10.1 Å². The summed E-state index contributed by atoms with van der Waals surface area (Å²) in [5.74, 6) is 0. The molecule has 0 aliphatic carbocycles. The molecule has 0 radical (unpaired) electrons. The minimum absolute atomic E-state index is 0. The van der Waals surface area contributed by atoms with E-state index in [1.807, 2.05) is 0 Å². The molecule has 0 bridgehead atoms. The van der Waals surface area contributed by atoms with Crippen molar-refractivity contribution in [3.63, 3.8) is 0 Å². The maximum atomic E-state index is 9.76. The summed E-state index contributed by atoms with van der Waals surface area (Å²) in [4.78, 5) is 0. The Labute approximate surface area is 70.5 Å². The summed E-state index contributed by atoms with van der Waals surface area (Å²) in [5, 5.41) is -1.17. The Hall–Kier alpha value is 0.870. The zero-order valence-electron chi connectivity index (χ0n) is 4.83. The molecule has 44 valence electrons. The summed E-state index contributed by atoms with van der Waals surface area (Å²) in [5.41, 5.74) is 4.73. The molecule has 0 rings (SSSR count). The molecular formula is C2H7NNaO3S+.